The Bertz CT molecular complexity index is 1060. The van der Waals surface area contributed by atoms with Gasteiger partial charge in [-0.1, -0.05) is 67.4 Å². The molecule has 1 fully saturated rings. The van der Waals surface area contributed by atoms with Gasteiger partial charge in [0.05, 0.1) is 0 Å². The molecular formula is C27H33N5O. The van der Waals surface area contributed by atoms with E-state index in [0.29, 0.717) is 24.7 Å². The van der Waals surface area contributed by atoms with Crippen LogP contribution in [0.5, 0.6) is 0 Å². The van der Waals surface area contributed by atoms with Gasteiger partial charge in [-0.2, -0.15) is 4.98 Å². The van der Waals surface area contributed by atoms with E-state index in [0.717, 1.165) is 24.1 Å². The van der Waals surface area contributed by atoms with E-state index < -0.39 is 6.04 Å². The van der Waals surface area contributed by atoms with Crippen molar-refractivity contribution in [2.75, 3.05) is 10.6 Å². The second-order valence-electron chi connectivity index (χ2n) is 8.87. The van der Waals surface area contributed by atoms with Crippen molar-refractivity contribution in [3.05, 3.63) is 83.0 Å². The second kappa shape index (κ2) is 10.9. The van der Waals surface area contributed by atoms with Gasteiger partial charge >= 0.3 is 0 Å². The van der Waals surface area contributed by atoms with Gasteiger partial charge in [-0.25, -0.2) is 4.98 Å². The topological polar surface area (TPSA) is 78.9 Å². The molecule has 0 bridgehead atoms. The molecule has 0 radical (unpaired) electrons. The Morgan fingerprint density at radius 1 is 1.00 bits per heavy atom. The van der Waals surface area contributed by atoms with Crippen LogP contribution in [-0.4, -0.2) is 28.0 Å². The summed E-state index contributed by atoms with van der Waals surface area (Å²) in [6.45, 7) is 4.68. The van der Waals surface area contributed by atoms with E-state index in [4.69, 9.17) is 0 Å². The van der Waals surface area contributed by atoms with Crippen LogP contribution in [-0.2, 0) is 17.8 Å². The molecule has 1 aliphatic rings. The maximum atomic E-state index is 13.2. The number of anilines is 2. The number of rotatable bonds is 9. The molecule has 6 nitrogen and oxygen atoms in total. The number of hydrogen-bond acceptors (Lipinski definition) is 5. The van der Waals surface area contributed by atoms with Crippen molar-refractivity contribution in [1.29, 1.82) is 0 Å². The van der Waals surface area contributed by atoms with Gasteiger partial charge in [0.1, 0.15) is 11.9 Å². The van der Waals surface area contributed by atoms with Crippen molar-refractivity contribution in [2.24, 2.45) is 0 Å². The van der Waals surface area contributed by atoms with Crippen LogP contribution in [0.3, 0.4) is 0 Å². The molecule has 1 amide bonds. The summed E-state index contributed by atoms with van der Waals surface area (Å²) in [5.41, 5.74) is 4.38. The number of amides is 1. The first-order chi connectivity index (χ1) is 16.1. The van der Waals surface area contributed by atoms with E-state index in [-0.39, 0.29) is 11.9 Å². The molecule has 0 unspecified atom stereocenters. The lowest BCUT2D eigenvalue weighted by molar-refractivity contribution is -0.122. The Balaban J connectivity index is 1.49. The lowest BCUT2D eigenvalue weighted by atomic mass is 10.0. The first-order valence-electron chi connectivity index (χ1n) is 11.8. The van der Waals surface area contributed by atoms with Gasteiger partial charge in [-0.05, 0) is 43.4 Å². The zero-order valence-electron chi connectivity index (χ0n) is 19.5. The van der Waals surface area contributed by atoms with E-state index in [9.17, 15) is 4.79 Å². The molecule has 172 valence electrons. The maximum absolute atomic E-state index is 13.2. The fourth-order valence-electron chi connectivity index (χ4n) is 4.31. The predicted molar refractivity (Wildman–Crippen MR) is 133 cm³/mol. The third-order valence-corrected chi connectivity index (χ3v) is 6.18. The molecule has 1 heterocycles. The maximum Gasteiger partial charge on any atom is 0.243 e. The average Bonchev–Trinajstić information content (AvgIpc) is 3.31. The number of hydrogen-bond donors (Lipinski definition) is 3. The summed E-state index contributed by atoms with van der Waals surface area (Å²) in [7, 11) is 0. The van der Waals surface area contributed by atoms with E-state index in [1.165, 1.54) is 24.0 Å². The first-order valence-corrected chi connectivity index (χ1v) is 11.8. The van der Waals surface area contributed by atoms with Gasteiger partial charge < -0.3 is 16.0 Å². The molecule has 2 aromatic carbocycles. The number of carbonyl (C=O) groups is 1. The Morgan fingerprint density at radius 2 is 1.73 bits per heavy atom. The summed E-state index contributed by atoms with van der Waals surface area (Å²) in [6, 6.07) is 20.1. The SMILES string of the molecule is Cc1cc(N[C@@H](Cc2ccccc2)C(=O)NC2CCCC2)nc(NCc2ccccc2C)n1. The van der Waals surface area contributed by atoms with Crippen LogP contribution >= 0.6 is 0 Å². The average molecular weight is 444 g/mol. The molecule has 0 aliphatic heterocycles. The number of nitrogens with zero attached hydrogens (tertiary/aromatic N) is 2. The summed E-state index contributed by atoms with van der Waals surface area (Å²) in [5, 5.41) is 9.96. The van der Waals surface area contributed by atoms with Crippen LogP contribution in [0.4, 0.5) is 11.8 Å². The van der Waals surface area contributed by atoms with Crippen molar-refractivity contribution < 1.29 is 4.79 Å². The van der Waals surface area contributed by atoms with Gasteiger partial charge in [0, 0.05) is 30.8 Å². The summed E-state index contributed by atoms with van der Waals surface area (Å²) in [5.74, 6) is 1.23. The minimum atomic E-state index is -0.411. The standard InChI is InChI=1S/C27H33N5O/c1-19-10-6-7-13-22(19)18-28-27-29-20(2)16-25(32-27)31-24(17-21-11-4-3-5-12-21)26(33)30-23-14-8-9-15-23/h3-7,10-13,16,23-24H,8-9,14-15,17-18H2,1-2H3,(H,30,33)(H2,28,29,31,32)/t24-/m0/s1. The monoisotopic (exact) mass is 443 g/mol. The van der Waals surface area contributed by atoms with Gasteiger partial charge in [-0.15, -0.1) is 0 Å². The Kier molecular flexibility index (Phi) is 7.55. The summed E-state index contributed by atoms with van der Waals surface area (Å²) < 4.78 is 0. The zero-order chi connectivity index (χ0) is 23.0. The lowest BCUT2D eigenvalue weighted by Gasteiger charge is -2.22. The largest absolute Gasteiger partial charge is 0.358 e. The van der Waals surface area contributed by atoms with Gasteiger partial charge in [0.15, 0.2) is 0 Å². The first kappa shape index (κ1) is 22.8. The van der Waals surface area contributed by atoms with Crippen LogP contribution in [0.25, 0.3) is 0 Å². The lowest BCUT2D eigenvalue weighted by Crippen LogP contribution is -2.45. The molecule has 33 heavy (non-hydrogen) atoms. The summed E-state index contributed by atoms with van der Waals surface area (Å²) in [4.78, 5) is 22.4. The van der Waals surface area contributed by atoms with Gasteiger partial charge in [0.2, 0.25) is 11.9 Å². The molecule has 1 atom stereocenters. The Morgan fingerprint density at radius 3 is 2.48 bits per heavy atom. The van der Waals surface area contributed by atoms with E-state index >= 15 is 0 Å². The van der Waals surface area contributed by atoms with Crippen molar-refractivity contribution in [3.63, 3.8) is 0 Å². The Labute approximate surface area is 196 Å². The highest BCUT2D eigenvalue weighted by molar-refractivity contribution is 5.85. The van der Waals surface area contributed by atoms with Crippen molar-refractivity contribution in [3.8, 4) is 0 Å². The molecule has 1 aliphatic carbocycles. The summed E-state index contributed by atoms with van der Waals surface area (Å²) in [6.07, 6.45) is 5.08. The summed E-state index contributed by atoms with van der Waals surface area (Å²) >= 11 is 0. The fraction of sp³-hybridized carbons (Fsp3) is 0.370. The minimum Gasteiger partial charge on any atom is -0.358 e. The third-order valence-electron chi connectivity index (χ3n) is 6.18. The molecule has 3 aromatic rings. The number of carbonyl (C=O) groups excluding carboxylic acids is 1. The smallest absolute Gasteiger partial charge is 0.243 e. The fourth-order valence-corrected chi connectivity index (χ4v) is 4.31. The molecule has 0 spiro atoms. The van der Waals surface area contributed by atoms with Crippen molar-refractivity contribution in [2.45, 2.75) is 64.6 Å². The highest BCUT2D eigenvalue weighted by Crippen LogP contribution is 2.19. The van der Waals surface area contributed by atoms with Crippen LogP contribution in [0, 0.1) is 13.8 Å². The van der Waals surface area contributed by atoms with E-state index in [1.54, 1.807) is 0 Å². The zero-order valence-corrected chi connectivity index (χ0v) is 19.5. The minimum absolute atomic E-state index is 0.0245. The predicted octanol–water partition coefficient (Wildman–Crippen LogP) is 4.79. The van der Waals surface area contributed by atoms with Gasteiger partial charge in [-0.3, -0.25) is 4.79 Å². The molecule has 1 saturated carbocycles. The number of aromatic nitrogens is 2. The highest BCUT2D eigenvalue weighted by Gasteiger charge is 2.24. The number of benzene rings is 2. The quantitative estimate of drug-likeness (QED) is 0.443. The van der Waals surface area contributed by atoms with Gasteiger partial charge in [0.25, 0.3) is 0 Å². The van der Waals surface area contributed by atoms with Crippen molar-refractivity contribution in [1.82, 2.24) is 15.3 Å². The molecule has 1 aromatic heterocycles. The molecular weight excluding hydrogens is 410 g/mol. The normalized spacial score (nSPS) is 14.6. The van der Waals surface area contributed by atoms with Crippen LogP contribution < -0.4 is 16.0 Å². The van der Waals surface area contributed by atoms with E-state index in [2.05, 4.69) is 57.1 Å². The third kappa shape index (κ3) is 6.54. The van der Waals surface area contributed by atoms with Crippen LogP contribution in [0.1, 0.15) is 48.1 Å². The van der Waals surface area contributed by atoms with E-state index in [1.807, 2.05) is 43.3 Å². The van der Waals surface area contributed by atoms with Crippen molar-refractivity contribution >= 4 is 17.7 Å². The second-order valence-corrected chi connectivity index (χ2v) is 8.87. The molecule has 4 rings (SSSR count). The van der Waals surface area contributed by atoms with Crippen LogP contribution in [0.15, 0.2) is 60.7 Å². The molecule has 6 heteroatoms. The number of aryl methyl sites for hydroxylation is 2. The Hall–Kier alpha value is -3.41. The molecule has 3 N–H and O–H groups in total. The van der Waals surface area contributed by atoms with Crippen LogP contribution in [0.2, 0.25) is 0 Å². The number of nitrogens with one attached hydrogen (secondary N) is 3. The highest BCUT2D eigenvalue weighted by atomic mass is 16.2. The molecule has 0 saturated heterocycles.